The molecule has 1 aromatic carbocycles. The zero-order valence-corrected chi connectivity index (χ0v) is 10.0. The highest BCUT2D eigenvalue weighted by Crippen LogP contribution is 2.34. The molecule has 0 aromatic heterocycles. The molecule has 0 atom stereocenters. The highest BCUT2D eigenvalue weighted by Gasteiger charge is 2.36. The Labute approximate surface area is 108 Å². The number of nitrogens with zero attached hydrogens (tertiary/aromatic N) is 2. The molecule has 1 fully saturated rings. The number of hydrogen-bond acceptors (Lipinski definition) is 4. The number of aldehydes is 1. The number of carbonyl (C=O) groups excluding carboxylic acids is 1. The average Bonchev–Trinajstić information content (AvgIpc) is 2.36. The molecular formula is C12H12F2N2O3. The molecule has 0 saturated carbocycles. The van der Waals surface area contributed by atoms with Gasteiger partial charge in [-0.3, -0.25) is 14.9 Å². The summed E-state index contributed by atoms with van der Waals surface area (Å²) < 4.78 is 26.7. The first-order valence-corrected chi connectivity index (χ1v) is 5.80. The van der Waals surface area contributed by atoms with Crippen molar-refractivity contribution in [3.05, 3.63) is 33.9 Å². The summed E-state index contributed by atoms with van der Waals surface area (Å²) in [5.41, 5.74) is -0.310. The smallest absolute Gasteiger partial charge is 0.281 e. The van der Waals surface area contributed by atoms with Gasteiger partial charge < -0.3 is 4.90 Å². The first-order valence-electron chi connectivity index (χ1n) is 5.80. The maximum Gasteiger partial charge on any atom is 0.281 e. The van der Waals surface area contributed by atoms with Crippen LogP contribution in [0.15, 0.2) is 18.2 Å². The van der Waals surface area contributed by atoms with E-state index in [1.165, 1.54) is 23.1 Å². The maximum absolute atomic E-state index is 13.4. The van der Waals surface area contributed by atoms with E-state index in [1.807, 2.05) is 0 Å². The maximum atomic E-state index is 13.4. The molecule has 1 aliphatic rings. The van der Waals surface area contributed by atoms with Crippen LogP contribution in [0.5, 0.6) is 0 Å². The van der Waals surface area contributed by atoms with Crippen molar-refractivity contribution in [1.29, 1.82) is 0 Å². The van der Waals surface area contributed by atoms with Crippen molar-refractivity contribution >= 4 is 17.7 Å². The lowest BCUT2D eigenvalue weighted by Gasteiger charge is -2.34. The molecule has 19 heavy (non-hydrogen) atoms. The number of piperidine rings is 1. The second kappa shape index (κ2) is 4.91. The molecule has 0 aliphatic carbocycles. The van der Waals surface area contributed by atoms with Gasteiger partial charge >= 0.3 is 0 Å². The minimum atomic E-state index is -2.83. The quantitative estimate of drug-likeness (QED) is 0.481. The zero-order chi connectivity index (χ0) is 14.0. The normalized spacial score (nSPS) is 18.1. The molecule has 0 bridgehead atoms. The monoisotopic (exact) mass is 270 g/mol. The number of nitro groups is 1. The summed E-state index contributed by atoms with van der Waals surface area (Å²) in [6.07, 6.45) is 0.434. The summed E-state index contributed by atoms with van der Waals surface area (Å²) in [7, 11) is 0. The Morgan fingerprint density at radius 2 is 2.16 bits per heavy atom. The lowest BCUT2D eigenvalue weighted by atomic mass is 10.0. The van der Waals surface area contributed by atoms with Gasteiger partial charge in [0.05, 0.1) is 17.2 Å². The van der Waals surface area contributed by atoms with Crippen LogP contribution in [0.4, 0.5) is 20.2 Å². The van der Waals surface area contributed by atoms with Crippen LogP contribution in [-0.2, 0) is 0 Å². The zero-order valence-electron chi connectivity index (χ0n) is 10.0. The molecule has 0 radical (unpaired) electrons. The number of nitro benzene ring substituents is 1. The highest BCUT2D eigenvalue weighted by atomic mass is 19.3. The van der Waals surface area contributed by atoms with Gasteiger partial charge in [-0.15, -0.1) is 0 Å². The van der Waals surface area contributed by atoms with Crippen molar-refractivity contribution in [3.8, 4) is 0 Å². The van der Waals surface area contributed by atoms with Crippen LogP contribution in [0.25, 0.3) is 0 Å². The van der Waals surface area contributed by atoms with E-state index in [1.54, 1.807) is 0 Å². The molecule has 0 amide bonds. The van der Waals surface area contributed by atoms with Crippen LogP contribution in [0.1, 0.15) is 23.2 Å². The summed E-state index contributed by atoms with van der Waals surface area (Å²) in [5.74, 6) is -2.83. The summed E-state index contributed by atoms with van der Waals surface area (Å²) in [6.45, 7) is -0.160. The van der Waals surface area contributed by atoms with Crippen molar-refractivity contribution in [1.82, 2.24) is 0 Å². The molecule has 102 valence electrons. The van der Waals surface area contributed by atoms with E-state index in [0.29, 0.717) is 12.8 Å². The van der Waals surface area contributed by atoms with Crippen molar-refractivity contribution in [2.24, 2.45) is 0 Å². The van der Waals surface area contributed by atoms with E-state index in [2.05, 4.69) is 0 Å². The summed E-state index contributed by atoms with van der Waals surface area (Å²) in [6, 6.07) is 4.04. The van der Waals surface area contributed by atoms with Crippen molar-refractivity contribution in [2.45, 2.75) is 18.8 Å². The van der Waals surface area contributed by atoms with Crippen LogP contribution in [0, 0.1) is 10.1 Å². The SMILES string of the molecule is O=Cc1c(N2CCCC(F)(F)C2)cccc1[N+](=O)[O-]. The fraction of sp³-hybridized carbons (Fsp3) is 0.417. The van der Waals surface area contributed by atoms with Crippen LogP contribution in [0.3, 0.4) is 0 Å². The second-order valence-electron chi connectivity index (χ2n) is 4.47. The second-order valence-corrected chi connectivity index (χ2v) is 4.47. The number of rotatable bonds is 3. The minimum Gasteiger partial charge on any atom is -0.365 e. The van der Waals surface area contributed by atoms with Gasteiger partial charge in [-0.25, -0.2) is 8.78 Å². The van der Waals surface area contributed by atoms with Crippen LogP contribution in [0.2, 0.25) is 0 Å². The molecule has 1 aromatic rings. The van der Waals surface area contributed by atoms with Gasteiger partial charge in [0, 0.05) is 19.0 Å². The molecule has 1 aliphatic heterocycles. The Morgan fingerprint density at radius 3 is 2.74 bits per heavy atom. The number of benzene rings is 1. The van der Waals surface area contributed by atoms with E-state index < -0.39 is 17.4 Å². The van der Waals surface area contributed by atoms with E-state index in [0.717, 1.165) is 0 Å². The van der Waals surface area contributed by atoms with E-state index in [9.17, 15) is 23.7 Å². The lowest BCUT2D eigenvalue weighted by molar-refractivity contribution is -0.385. The van der Waals surface area contributed by atoms with Gasteiger partial charge in [-0.2, -0.15) is 0 Å². The Kier molecular flexibility index (Phi) is 3.46. The number of alkyl halides is 2. The van der Waals surface area contributed by atoms with E-state index in [4.69, 9.17) is 0 Å². The number of anilines is 1. The molecule has 0 N–H and O–H groups in total. The minimum absolute atomic E-state index is 0.148. The Morgan fingerprint density at radius 1 is 1.42 bits per heavy atom. The fourth-order valence-corrected chi connectivity index (χ4v) is 2.27. The van der Waals surface area contributed by atoms with E-state index >= 15 is 0 Å². The van der Waals surface area contributed by atoms with Crippen molar-refractivity contribution in [3.63, 3.8) is 0 Å². The topological polar surface area (TPSA) is 63.5 Å². The number of carbonyl (C=O) groups is 1. The molecule has 5 nitrogen and oxygen atoms in total. The average molecular weight is 270 g/mol. The molecule has 1 heterocycles. The summed E-state index contributed by atoms with van der Waals surface area (Å²) >= 11 is 0. The highest BCUT2D eigenvalue weighted by molar-refractivity contribution is 5.90. The van der Waals surface area contributed by atoms with Gasteiger partial charge in [-0.05, 0) is 12.5 Å². The van der Waals surface area contributed by atoms with Crippen LogP contribution >= 0.6 is 0 Å². The van der Waals surface area contributed by atoms with Gasteiger partial charge in [-0.1, -0.05) is 6.07 Å². The fourth-order valence-electron chi connectivity index (χ4n) is 2.27. The third-order valence-electron chi connectivity index (χ3n) is 3.11. The molecule has 2 rings (SSSR count). The largest absolute Gasteiger partial charge is 0.365 e. The number of hydrogen-bond donors (Lipinski definition) is 0. The summed E-state index contributed by atoms with van der Waals surface area (Å²) in [5, 5.41) is 10.8. The van der Waals surface area contributed by atoms with Gasteiger partial charge in [0.15, 0.2) is 6.29 Å². The molecular weight excluding hydrogens is 258 g/mol. The van der Waals surface area contributed by atoms with Gasteiger partial charge in [0.25, 0.3) is 11.6 Å². The predicted molar refractivity (Wildman–Crippen MR) is 64.9 cm³/mol. The van der Waals surface area contributed by atoms with Crippen molar-refractivity contribution in [2.75, 3.05) is 18.0 Å². The lowest BCUT2D eigenvalue weighted by Crippen LogP contribution is -2.43. The number of halogens is 2. The van der Waals surface area contributed by atoms with Crippen LogP contribution in [-0.4, -0.2) is 30.2 Å². The third kappa shape index (κ3) is 2.69. The Bertz CT molecular complexity index is 520. The molecule has 0 spiro atoms. The molecule has 0 unspecified atom stereocenters. The Balaban J connectivity index is 2.42. The first-order chi connectivity index (χ1) is 8.94. The van der Waals surface area contributed by atoms with Gasteiger partial charge in [0.2, 0.25) is 0 Å². The van der Waals surface area contributed by atoms with Gasteiger partial charge in [0.1, 0.15) is 5.56 Å². The molecule has 7 heteroatoms. The third-order valence-corrected chi connectivity index (χ3v) is 3.11. The van der Waals surface area contributed by atoms with Crippen molar-refractivity contribution < 1.29 is 18.5 Å². The predicted octanol–water partition coefficient (Wildman–Crippen LogP) is 2.64. The van der Waals surface area contributed by atoms with Crippen LogP contribution < -0.4 is 4.90 Å². The Hall–Kier alpha value is -2.05. The first kappa shape index (κ1) is 13.4. The van der Waals surface area contributed by atoms with E-state index in [-0.39, 0.29) is 29.8 Å². The molecule has 1 saturated heterocycles. The summed E-state index contributed by atoms with van der Waals surface area (Å²) in [4.78, 5) is 22.5. The standard InChI is InChI=1S/C12H12F2N2O3/c13-12(14)5-2-6-15(8-12)10-3-1-4-11(16(18)19)9(10)7-17/h1,3-4,7H,2,5-6,8H2.